The number of piperidine rings is 1. The number of rotatable bonds is 3. The number of nitrogens with zero attached hydrogens (tertiary/aromatic N) is 3. The molecule has 136 valence electrons. The van der Waals surface area contributed by atoms with Crippen LogP contribution in [0.15, 0.2) is 73.2 Å². The molecule has 4 heteroatoms. The van der Waals surface area contributed by atoms with E-state index in [0.29, 0.717) is 12.1 Å². The lowest BCUT2D eigenvalue weighted by Crippen LogP contribution is -2.49. The SMILES string of the molecule is Cc1ncncc1C(=O)N1CCCC(c2ccccc2)(c2ccccc2)C1. The van der Waals surface area contributed by atoms with Crippen LogP contribution in [0.5, 0.6) is 0 Å². The largest absolute Gasteiger partial charge is 0.337 e. The molecule has 1 aliphatic heterocycles. The Morgan fingerprint density at radius 3 is 2.22 bits per heavy atom. The van der Waals surface area contributed by atoms with Gasteiger partial charge >= 0.3 is 0 Å². The first kappa shape index (κ1) is 17.4. The average Bonchev–Trinajstić information content (AvgIpc) is 2.75. The number of likely N-dealkylation sites (tertiary alicyclic amines) is 1. The van der Waals surface area contributed by atoms with Gasteiger partial charge < -0.3 is 4.90 Å². The summed E-state index contributed by atoms with van der Waals surface area (Å²) >= 11 is 0. The highest BCUT2D eigenvalue weighted by Gasteiger charge is 2.40. The van der Waals surface area contributed by atoms with Gasteiger partial charge in [0.1, 0.15) is 6.33 Å². The number of carbonyl (C=O) groups excluding carboxylic acids is 1. The molecule has 1 saturated heterocycles. The second-order valence-corrected chi connectivity index (χ2v) is 7.17. The molecule has 0 radical (unpaired) electrons. The first-order chi connectivity index (χ1) is 13.2. The number of hydrogen-bond donors (Lipinski definition) is 0. The van der Waals surface area contributed by atoms with Crippen molar-refractivity contribution >= 4 is 5.91 Å². The predicted octanol–water partition coefficient (Wildman–Crippen LogP) is 4.01. The fourth-order valence-electron chi connectivity index (χ4n) is 4.15. The second-order valence-electron chi connectivity index (χ2n) is 7.17. The molecule has 3 aromatic rings. The molecule has 2 heterocycles. The highest BCUT2D eigenvalue weighted by molar-refractivity contribution is 5.95. The highest BCUT2D eigenvalue weighted by atomic mass is 16.2. The van der Waals surface area contributed by atoms with Crippen molar-refractivity contribution in [2.75, 3.05) is 13.1 Å². The first-order valence-electron chi connectivity index (χ1n) is 9.38. The Balaban J connectivity index is 1.75. The van der Waals surface area contributed by atoms with E-state index in [1.54, 1.807) is 6.20 Å². The number of aryl methyl sites for hydroxylation is 1. The summed E-state index contributed by atoms with van der Waals surface area (Å²) in [6.07, 6.45) is 5.10. The molecule has 4 rings (SSSR count). The monoisotopic (exact) mass is 357 g/mol. The maximum absolute atomic E-state index is 13.2. The van der Waals surface area contributed by atoms with Crippen molar-refractivity contribution in [1.82, 2.24) is 14.9 Å². The van der Waals surface area contributed by atoms with E-state index in [4.69, 9.17) is 0 Å². The van der Waals surface area contributed by atoms with Crippen LogP contribution in [-0.4, -0.2) is 33.9 Å². The molecule has 0 saturated carbocycles. The van der Waals surface area contributed by atoms with E-state index >= 15 is 0 Å². The summed E-state index contributed by atoms with van der Waals surface area (Å²) < 4.78 is 0. The summed E-state index contributed by atoms with van der Waals surface area (Å²) in [5, 5.41) is 0. The van der Waals surface area contributed by atoms with E-state index in [0.717, 1.165) is 25.1 Å². The first-order valence-corrected chi connectivity index (χ1v) is 9.38. The molecule has 4 nitrogen and oxygen atoms in total. The normalized spacial score (nSPS) is 16.1. The van der Waals surface area contributed by atoms with Gasteiger partial charge in [-0.1, -0.05) is 60.7 Å². The Bertz CT molecular complexity index is 885. The second kappa shape index (κ2) is 7.31. The summed E-state index contributed by atoms with van der Waals surface area (Å²) in [5.74, 6) is 0.0176. The van der Waals surface area contributed by atoms with Crippen LogP contribution in [0.25, 0.3) is 0 Å². The molecular formula is C23H23N3O. The van der Waals surface area contributed by atoms with Crippen LogP contribution in [0.2, 0.25) is 0 Å². The van der Waals surface area contributed by atoms with Crippen molar-refractivity contribution in [3.63, 3.8) is 0 Å². The molecule has 1 fully saturated rings. The molecule has 27 heavy (non-hydrogen) atoms. The van der Waals surface area contributed by atoms with Crippen LogP contribution in [0, 0.1) is 6.92 Å². The lowest BCUT2D eigenvalue weighted by Gasteiger charge is -2.44. The maximum atomic E-state index is 13.2. The van der Waals surface area contributed by atoms with Gasteiger partial charge in [-0.3, -0.25) is 4.79 Å². The van der Waals surface area contributed by atoms with Gasteiger partial charge in [-0.2, -0.15) is 0 Å². The smallest absolute Gasteiger partial charge is 0.257 e. The van der Waals surface area contributed by atoms with Crippen LogP contribution in [0.3, 0.4) is 0 Å². The molecule has 2 aromatic carbocycles. The van der Waals surface area contributed by atoms with Crippen LogP contribution < -0.4 is 0 Å². The lowest BCUT2D eigenvalue weighted by atomic mass is 9.69. The highest BCUT2D eigenvalue weighted by Crippen LogP contribution is 2.40. The molecule has 0 N–H and O–H groups in total. The zero-order valence-corrected chi connectivity index (χ0v) is 15.5. The number of hydrogen-bond acceptors (Lipinski definition) is 3. The molecule has 0 atom stereocenters. The van der Waals surface area contributed by atoms with Gasteiger partial charge in [-0.05, 0) is 30.9 Å². The van der Waals surface area contributed by atoms with E-state index in [9.17, 15) is 4.79 Å². The fraction of sp³-hybridized carbons (Fsp3) is 0.261. The lowest BCUT2D eigenvalue weighted by molar-refractivity contribution is 0.0664. The minimum Gasteiger partial charge on any atom is -0.337 e. The summed E-state index contributed by atoms with van der Waals surface area (Å²) in [5.41, 5.74) is 3.64. The van der Waals surface area contributed by atoms with Crippen LogP contribution in [0.4, 0.5) is 0 Å². The van der Waals surface area contributed by atoms with Crippen molar-refractivity contribution in [2.24, 2.45) is 0 Å². The summed E-state index contributed by atoms with van der Waals surface area (Å²) in [6.45, 7) is 3.28. The van der Waals surface area contributed by atoms with Crippen molar-refractivity contribution in [1.29, 1.82) is 0 Å². The topological polar surface area (TPSA) is 46.1 Å². The third-order valence-corrected chi connectivity index (χ3v) is 5.57. The Hall–Kier alpha value is -3.01. The summed E-state index contributed by atoms with van der Waals surface area (Å²) in [7, 11) is 0. The van der Waals surface area contributed by atoms with Gasteiger partial charge in [0.25, 0.3) is 5.91 Å². The molecule has 1 aromatic heterocycles. The number of aromatic nitrogens is 2. The van der Waals surface area contributed by atoms with Gasteiger partial charge in [0.2, 0.25) is 0 Å². The molecule has 0 spiro atoms. The average molecular weight is 357 g/mol. The van der Waals surface area contributed by atoms with Crippen molar-refractivity contribution in [3.05, 3.63) is 95.6 Å². The molecule has 0 bridgehead atoms. The van der Waals surface area contributed by atoms with Crippen molar-refractivity contribution in [3.8, 4) is 0 Å². The molecule has 0 unspecified atom stereocenters. The van der Waals surface area contributed by atoms with Gasteiger partial charge in [0.05, 0.1) is 11.3 Å². The number of benzene rings is 2. The molecule has 1 aliphatic rings. The van der Waals surface area contributed by atoms with E-state index in [2.05, 4.69) is 58.5 Å². The minimum absolute atomic E-state index is 0.0176. The van der Waals surface area contributed by atoms with E-state index in [-0.39, 0.29) is 11.3 Å². The van der Waals surface area contributed by atoms with E-state index < -0.39 is 0 Å². The minimum atomic E-state index is -0.194. The zero-order chi connectivity index (χ0) is 18.7. The maximum Gasteiger partial charge on any atom is 0.257 e. The van der Waals surface area contributed by atoms with E-state index in [1.807, 2.05) is 24.0 Å². The molecular weight excluding hydrogens is 334 g/mol. The van der Waals surface area contributed by atoms with Crippen LogP contribution >= 0.6 is 0 Å². The number of amides is 1. The zero-order valence-electron chi connectivity index (χ0n) is 15.5. The standard InChI is InChI=1S/C23H23N3O/c1-18-21(15-24-17-25-18)22(27)26-14-8-13-23(16-26,19-9-4-2-5-10-19)20-11-6-3-7-12-20/h2-7,9-12,15,17H,8,13-14,16H2,1H3. The Morgan fingerprint density at radius 1 is 1.00 bits per heavy atom. The van der Waals surface area contributed by atoms with Gasteiger partial charge in [-0.15, -0.1) is 0 Å². The fourth-order valence-corrected chi connectivity index (χ4v) is 4.15. The summed E-state index contributed by atoms with van der Waals surface area (Å²) in [4.78, 5) is 23.4. The predicted molar refractivity (Wildman–Crippen MR) is 106 cm³/mol. The van der Waals surface area contributed by atoms with Crippen LogP contribution in [0.1, 0.15) is 40.0 Å². The van der Waals surface area contributed by atoms with Gasteiger partial charge in [0.15, 0.2) is 0 Å². The van der Waals surface area contributed by atoms with Crippen molar-refractivity contribution < 1.29 is 4.79 Å². The van der Waals surface area contributed by atoms with E-state index in [1.165, 1.54) is 17.5 Å². The van der Waals surface area contributed by atoms with Crippen LogP contribution in [-0.2, 0) is 5.41 Å². The third-order valence-electron chi connectivity index (χ3n) is 5.57. The van der Waals surface area contributed by atoms with Gasteiger partial charge in [-0.25, -0.2) is 9.97 Å². The quantitative estimate of drug-likeness (QED) is 0.711. The third kappa shape index (κ3) is 3.23. The molecule has 0 aliphatic carbocycles. The molecule has 1 amide bonds. The Morgan fingerprint density at radius 2 is 1.63 bits per heavy atom. The summed E-state index contributed by atoms with van der Waals surface area (Å²) in [6, 6.07) is 21.1. The van der Waals surface area contributed by atoms with Crippen molar-refractivity contribution in [2.45, 2.75) is 25.2 Å². The number of carbonyl (C=O) groups is 1. The van der Waals surface area contributed by atoms with Gasteiger partial charge in [0, 0.05) is 24.7 Å². The Kier molecular flexibility index (Phi) is 4.71. The Labute approximate surface area is 159 Å².